The van der Waals surface area contributed by atoms with Gasteiger partial charge >= 0.3 is 0 Å². The molecular formula is C35H26N2O. The van der Waals surface area contributed by atoms with E-state index in [1.165, 1.54) is 0 Å². The Bertz CT molecular complexity index is 1620. The molecule has 0 bridgehead atoms. The van der Waals surface area contributed by atoms with E-state index in [0.29, 0.717) is 11.4 Å². The topological polar surface area (TPSA) is 56.9 Å². The molecule has 1 heterocycles. The van der Waals surface area contributed by atoms with E-state index in [0.717, 1.165) is 44.9 Å². The molecule has 0 saturated heterocycles. The number of hydrogen-bond acceptors (Lipinski definition) is 3. The van der Waals surface area contributed by atoms with Gasteiger partial charge in [0.25, 0.3) is 0 Å². The van der Waals surface area contributed by atoms with Crippen molar-refractivity contribution in [1.82, 2.24) is 0 Å². The molecule has 0 fully saturated rings. The second-order valence-corrected chi connectivity index (χ2v) is 9.29. The monoisotopic (exact) mass is 490 g/mol. The van der Waals surface area contributed by atoms with Crippen LogP contribution in [0.5, 0.6) is 11.5 Å². The lowest BCUT2D eigenvalue weighted by Crippen LogP contribution is -2.35. The molecule has 38 heavy (non-hydrogen) atoms. The van der Waals surface area contributed by atoms with E-state index in [9.17, 15) is 5.41 Å². The molecule has 0 radical (unpaired) electrons. The third-order valence-electron chi connectivity index (χ3n) is 7.12. The lowest BCUT2D eigenvalue weighted by molar-refractivity contribution is 0.434. The molecule has 0 aromatic heterocycles. The van der Waals surface area contributed by atoms with Gasteiger partial charge in [0.2, 0.25) is 0 Å². The molecule has 5 aromatic rings. The minimum absolute atomic E-state index is 0.321. The molecule has 1 aliphatic rings. The first kappa shape index (κ1) is 23.4. The maximum absolute atomic E-state index is 9.17. The highest BCUT2D eigenvalue weighted by Crippen LogP contribution is 2.56. The standard InChI is InChI=1S/C35H26N2O/c36-30(25-13-4-1-5-14-25)23-24-31(37)28-19-12-22-33-34(28)35(26-15-6-2-7-16-26,27-17-8-3-9-18-27)29-20-10-11-21-32(29)38-33/h1-24,36-37H/b24-23-,36-30?,37-31?. The summed E-state index contributed by atoms with van der Waals surface area (Å²) in [7, 11) is 0. The van der Waals surface area contributed by atoms with Gasteiger partial charge in [-0.1, -0.05) is 121 Å². The van der Waals surface area contributed by atoms with E-state index >= 15 is 0 Å². The molecule has 182 valence electrons. The number of rotatable bonds is 6. The first-order chi connectivity index (χ1) is 18.7. The summed E-state index contributed by atoms with van der Waals surface area (Å²) in [6, 6.07) is 44.6. The summed E-state index contributed by atoms with van der Waals surface area (Å²) < 4.78 is 6.50. The highest BCUT2D eigenvalue weighted by atomic mass is 16.5. The van der Waals surface area contributed by atoms with Crippen molar-refractivity contribution >= 4 is 11.4 Å². The second-order valence-electron chi connectivity index (χ2n) is 9.29. The highest BCUT2D eigenvalue weighted by Gasteiger charge is 2.46. The Morgan fingerprint density at radius 3 is 1.71 bits per heavy atom. The molecule has 0 spiro atoms. The van der Waals surface area contributed by atoms with Crippen LogP contribution in [0.15, 0.2) is 146 Å². The molecule has 0 atom stereocenters. The summed E-state index contributed by atoms with van der Waals surface area (Å²) in [6.45, 7) is 0. The van der Waals surface area contributed by atoms with Gasteiger partial charge in [-0.15, -0.1) is 0 Å². The molecule has 2 N–H and O–H groups in total. The van der Waals surface area contributed by atoms with Crippen molar-refractivity contribution in [3.63, 3.8) is 0 Å². The first-order valence-corrected chi connectivity index (χ1v) is 12.6. The number of allylic oxidation sites excluding steroid dienone is 2. The van der Waals surface area contributed by atoms with Crippen LogP contribution in [-0.2, 0) is 5.41 Å². The van der Waals surface area contributed by atoms with Gasteiger partial charge in [-0.3, -0.25) is 0 Å². The van der Waals surface area contributed by atoms with Crippen LogP contribution in [0.4, 0.5) is 0 Å². The predicted octanol–water partition coefficient (Wildman–Crippen LogP) is 8.17. The predicted molar refractivity (Wildman–Crippen MR) is 154 cm³/mol. The number of benzene rings is 5. The summed E-state index contributed by atoms with van der Waals surface area (Å²) in [5.74, 6) is 1.53. The van der Waals surface area contributed by atoms with Crippen molar-refractivity contribution in [2.24, 2.45) is 0 Å². The molecule has 3 heteroatoms. The van der Waals surface area contributed by atoms with Crippen LogP contribution in [0.1, 0.15) is 33.4 Å². The fraction of sp³-hybridized carbons (Fsp3) is 0.0286. The van der Waals surface area contributed by atoms with Crippen LogP contribution in [0.2, 0.25) is 0 Å². The largest absolute Gasteiger partial charge is 0.457 e. The van der Waals surface area contributed by atoms with Crippen molar-refractivity contribution in [2.45, 2.75) is 5.41 Å². The molecule has 0 amide bonds. The van der Waals surface area contributed by atoms with Gasteiger partial charge in [0.1, 0.15) is 11.5 Å². The van der Waals surface area contributed by atoms with Crippen LogP contribution in [0.3, 0.4) is 0 Å². The molecule has 0 aliphatic carbocycles. The molecule has 5 aromatic carbocycles. The summed E-state index contributed by atoms with van der Waals surface area (Å²) in [5.41, 5.74) is 5.72. The fourth-order valence-electron chi connectivity index (χ4n) is 5.46. The van der Waals surface area contributed by atoms with Crippen molar-refractivity contribution in [3.05, 3.63) is 179 Å². The summed E-state index contributed by atoms with van der Waals surface area (Å²) in [4.78, 5) is 0. The SMILES string of the molecule is N=C(/C=C\C(=N)c1cccc2c1C(c1ccccc1)(c1ccccc1)c1ccccc1O2)c1ccccc1. The quantitative estimate of drug-likeness (QED) is 0.227. The van der Waals surface area contributed by atoms with Crippen LogP contribution in [0.25, 0.3) is 0 Å². The van der Waals surface area contributed by atoms with Crippen molar-refractivity contribution in [3.8, 4) is 11.5 Å². The number of hydrogen-bond donors (Lipinski definition) is 2. The van der Waals surface area contributed by atoms with E-state index in [4.69, 9.17) is 10.1 Å². The number of nitrogens with one attached hydrogen (secondary N) is 2. The smallest absolute Gasteiger partial charge is 0.132 e. The maximum Gasteiger partial charge on any atom is 0.132 e. The Morgan fingerprint density at radius 1 is 0.526 bits per heavy atom. The zero-order valence-electron chi connectivity index (χ0n) is 20.8. The van der Waals surface area contributed by atoms with Gasteiger partial charge in [-0.05, 0) is 41.0 Å². The number of fused-ring (bicyclic) bond motifs is 2. The lowest BCUT2D eigenvalue weighted by Gasteiger charge is -2.42. The molecule has 0 unspecified atom stereocenters. The molecule has 3 nitrogen and oxygen atoms in total. The highest BCUT2D eigenvalue weighted by molar-refractivity contribution is 6.14. The second kappa shape index (κ2) is 9.79. The Balaban J connectivity index is 1.60. The van der Waals surface area contributed by atoms with E-state index in [1.807, 2.05) is 78.9 Å². The average molecular weight is 491 g/mol. The normalized spacial score (nSPS) is 13.3. The van der Waals surface area contributed by atoms with E-state index in [-0.39, 0.29) is 0 Å². The third kappa shape index (κ3) is 3.86. The van der Waals surface area contributed by atoms with E-state index in [2.05, 4.69) is 54.6 Å². The molecular weight excluding hydrogens is 464 g/mol. The van der Waals surface area contributed by atoms with Gasteiger partial charge in [-0.2, -0.15) is 0 Å². The van der Waals surface area contributed by atoms with E-state index < -0.39 is 5.41 Å². The van der Waals surface area contributed by atoms with Crippen LogP contribution in [-0.4, -0.2) is 11.4 Å². The van der Waals surface area contributed by atoms with Gasteiger partial charge in [0, 0.05) is 16.7 Å². The zero-order valence-corrected chi connectivity index (χ0v) is 20.8. The van der Waals surface area contributed by atoms with Gasteiger partial charge in [0.15, 0.2) is 0 Å². The summed E-state index contributed by atoms with van der Waals surface area (Å²) in [6.07, 6.45) is 3.41. The van der Waals surface area contributed by atoms with Gasteiger partial charge in [-0.25, -0.2) is 0 Å². The minimum atomic E-state index is -0.698. The van der Waals surface area contributed by atoms with Crippen molar-refractivity contribution < 1.29 is 4.74 Å². The van der Waals surface area contributed by atoms with Gasteiger partial charge in [0.05, 0.1) is 16.8 Å². The lowest BCUT2D eigenvalue weighted by atomic mass is 9.62. The Labute approximate surface area is 222 Å². The molecule has 1 aliphatic heterocycles. The van der Waals surface area contributed by atoms with Crippen LogP contribution in [0, 0.1) is 10.8 Å². The summed E-state index contributed by atoms with van der Waals surface area (Å²) in [5, 5.41) is 17.7. The van der Waals surface area contributed by atoms with Crippen molar-refractivity contribution in [1.29, 1.82) is 10.8 Å². The first-order valence-electron chi connectivity index (χ1n) is 12.6. The van der Waals surface area contributed by atoms with E-state index in [1.54, 1.807) is 12.2 Å². The zero-order chi connectivity index (χ0) is 26.0. The fourth-order valence-corrected chi connectivity index (χ4v) is 5.46. The van der Waals surface area contributed by atoms with Crippen LogP contribution < -0.4 is 4.74 Å². The average Bonchev–Trinajstić information content (AvgIpc) is 2.99. The summed E-state index contributed by atoms with van der Waals surface area (Å²) >= 11 is 0. The number of para-hydroxylation sites is 1. The van der Waals surface area contributed by atoms with Crippen molar-refractivity contribution in [2.75, 3.05) is 0 Å². The maximum atomic E-state index is 9.17. The third-order valence-corrected chi connectivity index (χ3v) is 7.12. The Kier molecular flexibility index (Phi) is 6.03. The molecule has 0 saturated carbocycles. The number of ether oxygens (including phenoxy) is 1. The molecule has 6 rings (SSSR count). The minimum Gasteiger partial charge on any atom is -0.457 e. The Morgan fingerprint density at radius 2 is 1.05 bits per heavy atom. The van der Waals surface area contributed by atoms with Gasteiger partial charge < -0.3 is 15.6 Å². The van der Waals surface area contributed by atoms with Crippen LogP contribution >= 0.6 is 0 Å². The Hall–Kier alpha value is -5.02.